The Labute approximate surface area is 119 Å². The van der Waals surface area contributed by atoms with E-state index in [4.69, 9.17) is 9.94 Å². The van der Waals surface area contributed by atoms with Gasteiger partial charge in [0.1, 0.15) is 5.75 Å². The van der Waals surface area contributed by atoms with Crippen LogP contribution in [0.3, 0.4) is 0 Å². The molecule has 0 atom stereocenters. The summed E-state index contributed by atoms with van der Waals surface area (Å²) in [6.45, 7) is 5.79. The normalized spacial score (nSPS) is 11.5. The molecule has 0 unspecified atom stereocenters. The summed E-state index contributed by atoms with van der Waals surface area (Å²) in [4.78, 5) is 11.7. The zero-order valence-electron chi connectivity index (χ0n) is 12.2. The summed E-state index contributed by atoms with van der Waals surface area (Å²) in [6.07, 6.45) is 1.83. The van der Waals surface area contributed by atoms with E-state index in [1.807, 2.05) is 13.8 Å². The van der Waals surface area contributed by atoms with Gasteiger partial charge in [0.25, 0.3) is 5.91 Å². The minimum atomic E-state index is -0.115. The molecule has 5 heteroatoms. The second-order valence-electron chi connectivity index (χ2n) is 4.58. The molecule has 0 aromatic heterocycles. The number of ether oxygens (including phenoxy) is 1. The van der Waals surface area contributed by atoms with E-state index in [9.17, 15) is 4.79 Å². The van der Waals surface area contributed by atoms with Crippen LogP contribution in [-0.4, -0.2) is 29.5 Å². The summed E-state index contributed by atoms with van der Waals surface area (Å²) in [7, 11) is 0. The highest BCUT2D eigenvalue weighted by Crippen LogP contribution is 2.12. The fraction of sp³-hybridized carbons (Fsp3) is 0.467. The molecule has 20 heavy (non-hydrogen) atoms. The monoisotopic (exact) mass is 278 g/mol. The fourth-order valence-electron chi connectivity index (χ4n) is 1.76. The minimum absolute atomic E-state index is 0.00289. The topological polar surface area (TPSA) is 70.9 Å². The van der Waals surface area contributed by atoms with Crippen molar-refractivity contribution in [2.45, 2.75) is 39.7 Å². The van der Waals surface area contributed by atoms with Gasteiger partial charge in [-0.2, -0.15) is 0 Å². The van der Waals surface area contributed by atoms with Crippen molar-refractivity contribution in [3.63, 3.8) is 0 Å². The lowest BCUT2D eigenvalue weighted by Gasteiger charge is -2.15. The van der Waals surface area contributed by atoms with E-state index in [1.54, 1.807) is 31.2 Å². The average molecular weight is 278 g/mol. The smallest absolute Gasteiger partial charge is 0.258 e. The van der Waals surface area contributed by atoms with Crippen molar-refractivity contribution < 1.29 is 14.7 Å². The average Bonchev–Trinajstić information content (AvgIpc) is 2.50. The molecule has 0 bridgehead atoms. The lowest BCUT2D eigenvalue weighted by molar-refractivity contribution is -0.123. The van der Waals surface area contributed by atoms with E-state index in [2.05, 4.69) is 10.5 Å². The standard InChI is InChI=1S/C15H22N2O3/c1-4-13(5-2)16-15(18)10-20-14-8-6-12(7-9-14)11(3)17-19/h6-9,13,19H,4-5,10H2,1-3H3,(H,16,18). The molecule has 1 aromatic rings. The third-order valence-electron chi connectivity index (χ3n) is 3.14. The SMILES string of the molecule is CCC(CC)NC(=O)COc1ccc(C(C)=NO)cc1. The molecule has 110 valence electrons. The van der Waals surface area contributed by atoms with E-state index in [0.717, 1.165) is 18.4 Å². The fourth-order valence-corrected chi connectivity index (χ4v) is 1.76. The Bertz CT molecular complexity index is 451. The Morgan fingerprint density at radius 2 is 1.90 bits per heavy atom. The zero-order valence-corrected chi connectivity index (χ0v) is 12.2. The molecule has 0 saturated carbocycles. The first-order chi connectivity index (χ1) is 9.60. The van der Waals surface area contributed by atoms with E-state index >= 15 is 0 Å². The first kappa shape index (κ1) is 16.0. The lowest BCUT2D eigenvalue weighted by atomic mass is 10.1. The van der Waals surface area contributed by atoms with Crippen LogP contribution in [0.5, 0.6) is 5.75 Å². The molecule has 0 aliphatic heterocycles. The number of carbonyl (C=O) groups excluding carboxylic acids is 1. The molecule has 0 radical (unpaired) electrons. The molecule has 2 N–H and O–H groups in total. The number of oxime groups is 1. The van der Waals surface area contributed by atoms with Crippen LogP contribution in [0, 0.1) is 0 Å². The van der Waals surface area contributed by atoms with Gasteiger partial charge < -0.3 is 15.3 Å². The van der Waals surface area contributed by atoms with Crippen LogP contribution in [-0.2, 0) is 4.79 Å². The number of hydrogen-bond donors (Lipinski definition) is 2. The molecule has 5 nitrogen and oxygen atoms in total. The maximum Gasteiger partial charge on any atom is 0.258 e. The molecule has 0 heterocycles. The summed E-state index contributed by atoms with van der Waals surface area (Å²) in [5, 5.41) is 14.7. The van der Waals surface area contributed by atoms with Crippen LogP contribution < -0.4 is 10.1 Å². The number of carbonyl (C=O) groups is 1. The van der Waals surface area contributed by atoms with E-state index < -0.39 is 0 Å². The van der Waals surface area contributed by atoms with Crippen LogP contribution in [0.25, 0.3) is 0 Å². The van der Waals surface area contributed by atoms with Gasteiger partial charge in [-0.15, -0.1) is 0 Å². The molecule has 0 fully saturated rings. The van der Waals surface area contributed by atoms with Gasteiger partial charge >= 0.3 is 0 Å². The highest BCUT2D eigenvalue weighted by atomic mass is 16.5. The van der Waals surface area contributed by atoms with Crippen LogP contribution in [0.2, 0.25) is 0 Å². The molecule has 0 spiro atoms. The third kappa shape index (κ3) is 4.91. The van der Waals surface area contributed by atoms with Crippen LogP contribution in [0.15, 0.2) is 29.4 Å². The van der Waals surface area contributed by atoms with Gasteiger partial charge in [-0.1, -0.05) is 19.0 Å². The Morgan fingerprint density at radius 1 is 1.30 bits per heavy atom. The summed E-state index contributed by atoms with van der Waals surface area (Å²) in [5.74, 6) is 0.495. The van der Waals surface area contributed by atoms with Crippen molar-refractivity contribution in [1.82, 2.24) is 5.32 Å². The van der Waals surface area contributed by atoms with Crippen molar-refractivity contribution in [3.8, 4) is 5.75 Å². The van der Waals surface area contributed by atoms with Gasteiger partial charge in [0.05, 0.1) is 5.71 Å². The maximum atomic E-state index is 11.7. The summed E-state index contributed by atoms with van der Waals surface area (Å²) in [6, 6.07) is 7.26. The van der Waals surface area contributed by atoms with Gasteiger partial charge in [0, 0.05) is 6.04 Å². The largest absolute Gasteiger partial charge is 0.484 e. The van der Waals surface area contributed by atoms with E-state index in [-0.39, 0.29) is 18.6 Å². The second kappa shape index (κ2) is 8.19. The van der Waals surface area contributed by atoms with Gasteiger partial charge in [-0.05, 0) is 49.6 Å². The number of nitrogens with one attached hydrogen (secondary N) is 1. The van der Waals surface area contributed by atoms with Gasteiger partial charge in [-0.3, -0.25) is 4.79 Å². The second-order valence-corrected chi connectivity index (χ2v) is 4.58. The lowest BCUT2D eigenvalue weighted by Crippen LogP contribution is -2.37. The first-order valence-electron chi connectivity index (χ1n) is 6.81. The molecule has 1 amide bonds. The van der Waals surface area contributed by atoms with Crippen molar-refractivity contribution in [3.05, 3.63) is 29.8 Å². The first-order valence-corrected chi connectivity index (χ1v) is 6.81. The van der Waals surface area contributed by atoms with Gasteiger partial charge in [0.15, 0.2) is 6.61 Å². The van der Waals surface area contributed by atoms with Crippen molar-refractivity contribution in [1.29, 1.82) is 0 Å². The van der Waals surface area contributed by atoms with Crippen molar-refractivity contribution in [2.75, 3.05) is 6.61 Å². The molecule has 0 aliphatic rings. The van der Waals surface area contributed by atoms with Crippen molar-refractivity contribution in [2.24, 2.45) is 5.16 Å². The Kier molecular flexibility index (Phi) is 6.56. The number of rotatable bonds is 7. The zero-order chi connectivity index (χ0) is 15.0. The van der Waals surface area contributed by atoms with E-state index in [1.165, 1.54) is 0 Å². The maximum absolute atomic E-state index is 11.7. The number of hydrogen-bond acceptors (Lipinski definition) is 4. The summed E-state index contributed by atoms with van der Waals surface area (Å²) in [5.41, 5.74) is 1.34. The highest BCUT2D eigenvalue weighted by Gasteiger charge is 2.08. The Morgan fingerprint density at radius 3 is 2.40 bits per heavy atom. The van der Waals surface area contributed by atoms with Crippen LogP contribution >= 0.6 is 0 Å². The van der Waals surface area contributed by atoms with Gasteiger partial charge in [0.2, 0.25) is 0 Å². The van der Waals surface area contributed by atoms with E-state index in [0.29, 0.717) is 11.5 Å². The number of nitrogens with zero attached hydrogens (tertiary/aromatic N) is 1. The third-order valence-corrected chi connectivity index (χ3v) is 3.14. The predicted octanol–water partition coefficient (Wildman–Crippen LogP) is 2.57. The molecule has 1 rings (SSSR count). The molecular formula is C15H22N2O3. The van der Waals surface area contributed by atoms with Crippen molar-refractivity contribution >= 4 is 11.6 Å². The predicted molar refractivity (Wildman–Crippen MR) is 78.4 cm³/mol. The Balaban J connectivity index is 2.48. The molecule has 0 saturated heterocycles. The van der Waals surface area contributed by atoms with Crippen LogP contribution in [0.4, 0.5) is 0 Å². The summed E-state index contributed by atoms with van der Waals surface area (Å²) < 4.78 is 5.41. The highest BCUT2D eigenvalue weighted by molar-refractivity contribution is 5.98. The molecule has 1 aromatic carbocycles. The number of amides is 1. The minimum Gasteiger partial charge on any atom is -0.484 e. The van der Waals surface area contributed by atoms with Crippen LogP contribution in [0.1, 0.15) is 39.2 Å². The molecule has 0 aliphatic carbocycles. The quantitative estimate of drug-likeness (QED) is 0.457. The summed E-state index contributed by atoms with van der Waals surface area (Å²) >= 11 is 0. The Hall–Kier alpha value is -2.04. The van der Waals surface area contributed by atoms with Gasteiger partial charge in [-0.25, -0.2) is 0 Å². The number of benzene rings is 1. The molecular weight excluding hydrogens is 256 g/mol.